The minimum Gasteiger partial charge on any atom is -0.262 e. The highest BCUT2D eigenvalue weighted by molar-refractivity contribution is 7.93. The molecule has 0 amide bonds. The molecule has 3 aromatic carbocycles. The number of halogens is 3. The van der Waals surface area contributed by atoms with Crippen LogP contribution < -0.4 is 8.61 Å². The first kappa shape index (κ1) is 30.0. The zero-order valence-corrected chi connectivity index (χ0v) is 24.4. The number of sulfonamides is 2. The summed E-state index contributed by atoms with van der Waals surface area (Å²) in [4.78, 5) is 7.90. The number of alkyl halides is 3. The minimum atomic E-state index is -4.91. The van der Waals surface area contributed by atoms with Gasteiger partial charge in [-0.3, -0.25) is 9.40 Å². The predicted molar refractivity (Wildman–Crippen MR) is 154 cm³/mol. The Morgan fingerprint density at radius 1 is 0.744 bits per heavy atom. The number of anilines is 2. The number of aromatic nitrogens is 4. The van der Waals surface area contributed by atoms with Gasteiger partial charge in [-0.2, -0.15) is 18.3 Å². The van der Waals surface area contributed by atoms with E-state index in [-0.39, 0.29) is 48.7 Å². The lowest BCUT2D eigenvalue weighted by molar-refractivity contribution is -0.117. The number of benzene rings is 3. The molecule has 2 heterocycles. The van der Waals surface area contributed by atoms with Gasteiger partial charge in [0.1, 0.15) is 18.7 Å². The van der Waals surface area contributed by atoms with Crippen molar-refractivity contribution in [2.45, 2.75) is 36.4 Å². The van der Waals surface area contributed by atoms with Gasteiger partial charge in [0.25, 0.3) is 20.0 Å². The molecule has 224 valence electrons. The second-order valence-corrected chi connectivity index (χ2v) is 13.4. The molecule has 15 heteroatoms. The Morgan fingerprint density at radius 2 is 1.28 bits per heavy atom. The fourth-order valence-electron chi connectivity index (χ4n) is 4.41. The van der Waals surface area contributed by atoms with Crippen LogP contribution in [-0.2, 0) is 26.6 Å². The molecular formula is C28H25F3N6O4S2. The van der Waals surface area contributed by atoms with Gasteiger partial charge < -0.3 is 0 Å². The number of aryl methyl sites for hydroxylation is 2. The van der Waals surface area contributed by atoms with Crippen LogP contribution in [0.1, 0.15) is 17.0 Å². The molecule has 0 radical (unpaired) electrons. The maximum absolute atomic E-state index is 14.0. The quantitative estimate of drug-likeness (QED) is 0.239. The maximum atomic E-state index is 14.0. The molecular weight excluding hydrogens is 605 g/mol. The van der Waals surface area contributed by atoms with Crippen LogP contribution in [-0.4, -0.2) is 49.7 Å². The average Bonchev–Trinajstić information content (AvgIpc) is 3.48. The van der Waals surface area contributed by atoms with Crippen molar-refractivity contribution < 1.29 is 30.0 Å². The van der Waals surface area contributed by atoms with Crippen LogP contribution >= 0.6 is 0 Å². The van der Waals surface area contributed by atoms with Crippen molar-refractivity contribution in [3.63, 3.8) is 0 Å². The van der Waals surface area contributed by atoms with Crippen LogP contribution in [0.15, 0.2) is 95.1 Å². The third-order valence-electron chi connectivity index (χ3n) is 6.56. The van der Waals surface area contributed by atoms with Crippen LogP contribution in [0.3, 0.4) is 0 Å². The van der Waals surface area contributed by atoms with E-state index in [1.54, 1.807) is 32.0 Å². The maximum Gasteiger partial charge on any atom is 0.407 e. The van der Waals surface area contributed by atoms with Crippen molar-refractivity contribution in [3.8, 4) is 0 Å². The fourth-order valence-corrected chi connectivity index (χ4v) is 7.27. The molecule has 0 saturated heterocycles. The normalized spacial score (nSPS) is 12.4. The van der Waals surface area contributed by atoms with Gasteiger partial charge in [-0.25, -0.2) is 31.1 Å². The highest BCUT2D eigenvalue weighted by Crippen LogP contribution is 2.38. The summed E-state index contributed by atoms with van der Waals surface area (Å²) in [5.41, 5.74) is 1.18. The summed E-state index contributed by atoms with van der Waals surface area (Å²) in [6, 6.07) is 17.4. The molecule has 1 N–H and O–H groups in total. The smallest absolute Gasteiger partial charge is 0.262 e. The Kier molecular flexibility index (Phi) is 7.88. The van der Waals surface area contributed by atoms with Gasteiger partial charge in [-0.1, -0.05) is 59.7 Å². The van der Waals surface area contributed by atoms with Crippen LogP contribution in [0.25, 0.3) is 10.8 Å². The standard InChI is InChI=1S/C28H25F3N6O4S2/c1-19-7-11-21(12-8-19)42(38,39)36(16-26-33-18-34-35-26)27-24-6-4-3-5-23(24)25(15-32-27)37(17-28(29,30)31)43(40,41)22-13-9-20(2)10-14-22/h3-15,18H,16-17H2,1-2H3,(H,33,34,35). The first-order chi connectivity index (χ1) is 20.3. The largest absolute Gasteiger partial charge is 0.407 e. The van der Waals surface area contributed by atoms with Gasteiger partial charge in [-0.15, -0.1) is 0 Å². The average molecular weight is 631 g/mol. The second-order valence-electron chi connectivity index (χ2n) is 9.71. The number of hydrogen-bond donors (Lipinski definition) is 1. The molecule has 0 unspecified atom stereocenters. The summed E-state index contributed by atoms with van der Waals surface area (Å²) in [6.45, 7) is 1.33. The molecule has 43 heavy (non-hydrogen) atoms. The Balaban J connectivity index is 1.72. The van der Waals surface area contributed by atoms with E-state index >= 15 is 0 Å². The number of nitrogens with one attached hydrogen (secondary N) is 1. The van der Waals surface area contributed by atoms with Gasteiger partial charge in [-0.05, 0) is 38.1 Å². The number of pyridine rings is 1. The lowest BCUT2D eigenvalue weighted by atomic mass is 10.1. The second kappa shape index (κ2) is 11.3. The molecule has 5 aromatic rings. The van der Waals surface area contributed by atoms with E-state index in [2.05, 4.69) is 20.2 Å². The number of hydrogen-bond acceptors (Lipinski definition) is 7. The minimum absolute atomic E-state index is 0.0362. The third kappa shape index (κ3) is 6.17. The van der Waals surface area contributed by atoms with Crippen LogP contribution in [0.5, 0.6) is 0 Å². The topological polar surface area (TPSA) is 129 Å². The summed E-state index contributed by atoms with van der Waals surface area (Å²) in [6.07, 6.45) is -2.77. The van der Waals surface area contributed by atoms with Gasteiger partial charge in [0.15, 0.2) is 5.82 Å². The zero-order chi connectivity index (χ0) is 31.0. The Labute approximate surface area is 245 Å². The van der Waals surface area contributed by atoms with Crippen LogP contribution in [0.4, 0.5) is 24.7 Å². The van der Waals surface area contributed by atoms with Crippen molar-refractivity contribution in [3.05, 3.63) is 102 Å². The Hall–Kier alpha value is -4.50. The molecule has 10 nitrogen and oxygen atoms in total. The zero-order valence-electron chi connectivity index (χ0n) is 22.8. The van der Waals surface area contributed by atoms with E-state index in [0.717, 1.165) is 21.6 Å². The summed E-state index contributed by atoms with van der Waals surface area (Å²) >= 11 is 0. The lowest BCUT2D eigenvalue weighted by Gasteiger charge is -2.28. The molecule has 0 spiro atoms. The van der Waals surface area contributed by atoms with Crippen molar-refractivity contribution in [1.29, 1.82) is 0 Å². The van der Waals surface area contributed by atoms with E-state index < -0.39 is 32.8 Å². The van der Waals surface area contributed by atoms with Gasteiger partial charge >= 0.3 is 6.18 Å². The number of aromatic amines is 1. The van der Waals surface area contributed by atoms with E-state index in [1.165, 1.54) is 60.9 Å². The van der Waals surface area contributed by atoms with Crippen molar-refractivity contribution in [1.82, 2.24) is 20.2 Å². The van der Waals surface area contributed by atoms with Crippen molar-refractivity contribution in [2.75, 3.05) is 15.2 Å². The summed E-state index contributed by atoms with van der Waals surface area (Å²) in [7, 11) is -9.03. The van der Waals surface area contributed by atoms with Gasteiger partial charge in [0.05, 0.1) is 28.2 Å². The van der Waals surface area contributed by atoms with E-state index in [1.807, 2.05) is 0 Å². The highest BCUT2D eigenvalue weighted by Gasteiger charge is 2.39. The van der Waals surface area contributed by atoms with E-state index in [9.17, 15) is 30.0 Å². The van der Waals surface area contributed by atoms with Gasteiger partial charge in [0, 0.05) is 10.8 Å². The Bertz CT molecular complexity index is 1970. The highest BCUT2D eigenvalue weighted by atomic mass is 32.2. The summed E-state index contributed by atoms with van der Waals surface area (Å²) in [5.74, 6) is 0.0299. The molecule has 0 saturated carbocycles. The first-order valence-electron chi connectivity index (χ1n) is 12.7. The number of fused-ring (bicyclic) bond motifs is 1. The molecule has 0 aliphatic carbocycles. The number of rotatable bonds is 9. The van der Waals surface area contributed by atoms with Crippen LogP contribution in [0.2, 0.25) is 0 Å². The van der Waals surface area contributed by atoms with E-state index in [4.69, 9.17) is 0 Å². The van der Waals surface area contributed by atoms with Gasteiger partial charge in [0.2, 0.25) is 0 Å². The molecule has 5 rings (SSSR count). The molecule has 0 atom stereocenters. The summed E-state index contributed by atoms with van der Waals surface area (Å²) < 4.78 is 98.0. The first-order valence-corrected chi connectivity index (χ1v) is 15.6. The molecule has 0 bridgehead atoms. The Morgan fingerprint density at radius 3 is 1.79 bits per heavy atom. The van der Waals surface area contributed by atoms with Crippen molar-refractivity contribution >= 4 is 42.3 Å². The number of nitrogens with zero attached hydrogens (tertiary/aromatic N) is 5. The summed E-state index contributed by atoms with van der Waals surface area (Å²) in [5, 5.41) is 6.52. The fraction of sp³-hybridized carbons (Fsp3) is 0.179. The SMILES string of the molecule is Cc1ccc(S(=O)(=O)N(CC(F)(F)F)c2cnc(N(Cc3ncn[nH]3)S(=O)(=O)c3ccc(C)cc3)c3ccccc23)cc1. The van der Waals surface area contributed by atoms with Crippen molar-refractivity contribution in [2.24, 2.45) is 0 Å². The molecule has 0 aliphatic rings. The third-order valence-corrected chi connectivity index (χ3v) is 10.1. The van der Waals surface area contributed by atoms with E-state index in [0.29, 0.717) is 0 Å². The molecule has 0 aliphatic heterocycles. The number of H-pyrrole nitrogens is 1. The predicted octanol–water partition coefficient (Wildman–Crippen LogP) is 5.12. The molecule has 2 aromatic heterocycles. The monoisotopic (exact) mass is 630 g/mol. The molecule has 0 fully saturated rings. The van der Waals surface area contributed by atoms with Crippen LogP contribution in [0, 0.1) is 13.8 Å². The lowest BCUT2D eigenvalue weighted by Crippen LogP contribution is -2.39.